The molecule has 0 bridgehead atoms. The number of carbonyl (C=O) groups is 1. The molecule has 0 saturated carbocycles. The maximum atomic E-state index is 12.7. The minimum Gasteiger partial charge on any atom is -0.465 e. The largest absolute Gasteiger partial charge is 0.465 e. The van der Waals surface area contributed by atoms with Crippen LogP contribution in [0.3, 0.4) is 0 Å². The fourth-order valence-electron chi connectivity index (χ4n) is 2.37. The molecule has 0 unspecified atom stereocenters. The summed E-state index contributed by atoms with van der Waals surface area (Å²) >= 11 is 7.94. The van der Waals surface area contributed by atoms with Crippen LogP contribution in [0.25, 0.3) is 10.2 Å². The number of nitrogens with one attached hydrogen (secondary N) is 1. The lowest BCUT2D eigenvalue weighted by atomic mass is 10.2. The highest BCUT2D eigenvalue weighted by molar-refractivity contribution is 7.98. The van der Waals surface area contributed by atoms with Crippen molar-refractivity contribution in [1.29, 1.82) is 0 Å². The Morgan fingerprint density at radius 1 is 1.43 bits per heavy atom. The van der Waals surface area contributed by atoms with Gasteiger partial charge in [0, 0.05) is 6.20 Å². The third-order valence-electron chi connectivity index (χ3n) is 3.70. The number of alkyl halides is 3. The average molecular weight is 450 g/mol. The van der Waals surface area contributed by atoms with Crippen molar-refractivity contribution in [2.24, 2.45) is 0 Å². The van der Waals surface area contributed by atoms with Gasteiger partial charge in [0.05, 0.1) is 28.8 Å². The molecule has 12 heteroatoms. The monoisotopic (exact) mass is 449 g/mol. The Labute approximate surface area is 169 Å². The van der Waals surface area contributed by atoms with E-state index in [0.717, 1.165) is 29.2 Å². The van der Waals surface area contributed by atoms with Crippen molar-refractivity contribution >= 4 is 50.9 Å². The van der Waals surface area contributed by atoms with Gasteiger partial charge >= 0.3 is 12.1 Å². The SMILES string of the molecule is COC(=O)c1sc2nc(CSc3ncc(C(F)(F)F)cc3Cl)[nH]c(=O)c2c1C. The van der Waals surface area contributed by atoms with E-state index in [9.17, 15) is 22.8 Å². The maximum Gasteiger partial charge on any atom is 0.417 e. The molecule has 0 aliphatic heterocycles. The zero-order valence-electron chi connectivity index (χ0n) is 14.3. The number of pyridine rings is 1. The highest BCUT2D eigenvalue weighted by Gasteiger charge is 2.31. The number of thioether (sulfide) groups is 1. The first kappa shape index (κ1) is 20.6. The summed E-state index contributed by atoms with van der Waals surface area (Å²) in [5.41, 5.74) is -0.887. The van der Waals surface area contributed by atoms with Gasteiger partial charge in [0.2, 0.25) is 0 Å². The van der Waals surface area contributed by atoms with Crippen LogP contribution in [0.5, 0.6) is 0 Å². The standard InChI is InChI=1S/C16H11ClF3N3O3S2/c1-6-10-12(24)22-9(23-14(10)28-11(6)15(25)26-2)5-27-13-8(17)3-7(4-21-13)16(18,19)20/h3-4H,5H2,1-2H3,(H,22,23,24). The zero-order valence-corrected chi connectivity index (χ0v) is 16.7. The van der Waals surface area contributed by atoms with Crippen molar-refractivity contribution in [3.05, 3.63) is 49.5 Å². The summed E-state index contributed by atoms with van der Waals surface area (Å²) in [5, 5.41) is 0.322. The lowest BCUT2D eigenvalue weighted by Crippen LogP contribution is -2.11. The molecule has 0 saturated heterocycles. The molecule has 0 amide bonds. The van der Waals surface area contributed by atoms with Crippen LogP contribution in [0.4, 0.5) is 13.2 Å². The van der Waals surface area contributed by atoms with Crippen molar-refractivity contribution in [3.8, 4) is 0 Å². The summed E-state index contributed by atoms with van der Waals surface area (Å²) in [6, 6.07) is 0.793. The van der Waals surface area contributed by atoms with Gasteiger partial charge in [-0.05, 0) is 18.6 Å². The molecule has 0 aliphatic rings. The van der Waals surface area contributed by atoms with Gasteiger partial charge in [-0.15, -0.1) is 11.3 Å². The Kier molecular flexibility index (Phi) is 5.69. The summed E-state index contributed by atoms with van der Waals surface area (Å²) in [6.45, 7) is 1.63. The fraction of sp³-hybridized carbons (Fsp3) is 0.250. The first-order valence-electron chi connectivity index (χ1n) is 7.58. The molecule has 3 aromatic rings. The van der Waals surface area contributed by atoms with E-state index in [-0.39, 0.29) is 26.5 Å². The molecule has 6 nitrogen and oxygen atoms in total. The van der Waals surface area contributed by atoms with E-state index < -0.39 is 23.3 Å². The number of aryl methyl sites for hydroxylation is 1. The number of methoxy groups -OCH3 is 1. The zero-order chi connectivity index (χ0) is 20.6. The highest BCUT2D eigenvalue weighted by atomic mass is 35.5. The van der Waals surface area contributed by atoms with Crippen molar-refractivity contribution < 1.29 is 22.7 Å². The number of carbonyl (C=O) groups excluding carboxylic acids is 1. The van der Waals surface area contributed by atoms with Crippen LogP contribution < -0.4 is 5.56 Å². The summed E-state index contributed by atoms with van der Waals surface area (Å²) < 4.78 is 42.7. The van der Waals surface area contributed by atoms with E-state index >= 15 is 0 Å². The van der Waals surface area contributed by atoms with Gasteiger partial charge in [-0.2, -0.15) is 13.2 Å². The third-order valence-corrected chi connectivity index (χ3v) is 6.28. The fourth-order valence-corrected chi connectivity index (χ4v) is 4.55. The first-order valence-corrected chi connectivity index (χ1v) is 9.76. The van der Waals surface area contributed by atoms with Gasteiger partial charge < -0.3 is 9.72 Å². The smallest absolute Gasteiger partial charge is 0.417 e. The molecule has 0 spiro atoms. The number of fused-ring (bicyclic) bond motifs is 1. The summed E-state index contributed by atoms with van der Waals surface area (Å²) in [4.78, 5) is 35.4. The number of hydrogen-bond acceptors (Lipinski definition) is 7. The Bertz CT molecular complexity index is 1130. The molecule has 0 atom stereocenters. The van der Waals surface area contributed by atoms with E-state index in [0.29, 0.717) is 22.0 Å². The van der Waals surface area contributed by atoms with Crippen molar-refractivity contribution in [1.82, 2.24) is 15.0 Å². The highest BCUT2D eigenvalue weighted by Crippen LogP contribution is 2.34. The molecule has 3 aromatic heterocycles. The van der Waals surface area contributed by atoms with Crippen LogP contribution in [0.2, 0.25) is 5.02 Å². The predicted octanol–water partition coefficient (Wildman–Crippen LogP) is 4.44. The second kappa shape index (κ2) is 7.72. The first-order chi connectivity index (χ1) is 13.1. The van der Waals surface area contributed by atoms with Gasteiger partial charge in [-0.1, -0.05) is 23.4 Å². The molecule has 3 rings (SSSR count). The molecule has 0 aliphatic carbocycles. The van der Waals surface area contributed by atoms with Crippen molar-refractivity contribution in [2.75, 3.05) is 7.11 Å². The number of esters is 1. The van der Waals surface area contributed by atoms with Gasteiger partial charge in [-0.3, -0.25) is 4.79 Å². The van der Waals surface area contributed by atoms with Crippen LogP contribution in [0.1, 0.15) is 26.6 Å². The lowest BCUT2D eigenvalue weighted by molar-refractivity contribution is -0.137. The summed E-state index contributed by atoms with van der Waals surface area (Å²) in [6.07, 6.45) is -3.84. The molecular weight excluding hydrogens is 439 g/mol. The Morgan fingerprint density at radius 2 is 2.14 bits per heavy atom. The minimum absolute atomic E-state index is 0.119. The van der Waals surface area contributed by atoms with E-state index in [1.54, 1.807) is 6.92 Å². The second-order valence-electron chi connectivity index (χ2n) is 5.54. The number of aromatic amines is 1. The Balaban J connectivity index is 1.88. The summed E-state index contributed by atoms with van der Waals surface area (Å²) in [7, 11) is 1.24. The van der Waals surface area contributed by atoms with Gasteiger partial charge in [0.15, 0.2) is 0 Å². The van der Waals surface area contributed by atoms with Crippen molar-refractivity contribution in [3.63, 3.8) is 0 Å². The molecule has 1 N–H and O–H groups in total. The molecule has 148 valence electrons. The van der Waals surface area contributed by atoms with Crippen LogP contribution in [-0.4, -0.2) is 28.0 Å². The topological polar surface area (TPSA) is 84.9 Å². The molecule has 28 heavy (non-hydrogen) atoms. The quantitative estimate of drug-likeness (QED) is 0.468. The van der Waals surface area contributed by atoms with Crippen LogP contribution in [-0.2, 0) is 16.7 Å². The van der Waals surface area contributed by atoms with Gasteiger partial charge in [-0.25, -0.2) is 14.8 Å². The number of H-pyrrole nitrogens is 1. The van der Waals surface area contributed by atoms with E-state index in [2.05, 4.69) is 15.0 Å². The van der Waals surface area contributed by atoms with E-state index in [4.69, 9.17) is 16.3 Å². The number of halogens is 4. The predicted molar refractivity (Wildman–Crippen MR) is 100 cm³/mol. The second-order valence-corrected chi connectivity index (χ2v) is 7.91. The molecule has 0 fully saturated rings. The number of nitrogens with zero attached hydrogens (tertiary/aromatic N) is 2. The molecular formula is C16H11ClF3N3O3S2. The lowest BCUT2D eigenvalue weighted by Gasteiger charge is -2.08. The number of ether oxygens (including phenoxy) is 1. The molecule has 0 aromatic carbocycles. The third kappa shape index (κ3) is 4.01. The number of thiophene rings is 1. The Hall–Kier alpha value is -2.11. The minimum atomic E-state index is -4.54. The van der Waals surface area contributed by atoms with Crippen LogP contribution in [0, 0.1) is 6.92 Å². The summed E-state index contributed by atoms with van der Waals surface area (Å²) in [5.74, 6) is -0.164. The van der Waals surface area contributed by atoms with E-state index in [1.165, 1.54) is 7.11 Å². The normalized spacial score (nSPS) is 11.8. The number of aromatic nitrogens is 3. The molecule has 0 radical (unpaired) electrons. The number of hydrogen-bond donors (Lipinski definition) is 1. The van der Waals surface area contributed by atoms with Crippen LogP contribution >= 0.6 is 34.7 Å². The maximum absolute atomic E-state index is 12.7. The Morgan fingerprint density at radius 3 is 2.75 bits per heavy atom. The van der Waals surface area contributed by atoms with Gasteiger partial charge in [0.25, 0.3) is 5.56 Å². The molecule has 3 heterocycles. The number of rotatable bonds is 4. The van der Waals surface area contributed by atoms with Gasteiger partial charge in [0.1, 0.15) is 20.6 Å². The average Bonchev–Trinajstić information content (AvgIpc) is 2.96. The van der Waals surface area contributed by atoms with Crippen LogP contribution in [0.15, 0.2) is 22.1 Å². The van der Waals surface area contributed by atoms with E-state index in [1.807, 2.05) is 0 Å². The van der Waals surface area contributed by atoms with Crippen molar-refractivity contribution in [2.45, 2.75) is 23.9 Å².